The predicted molar refractivity (Wildman–Crippen MR) is 111 cm³/mol. The molecule has 1 aromatic heterocycles. The van der Waals surface area contributed by atoms with Crippen molar-refractivity contribution in [3.05, 3.63) is 78.4 Å². The van der Waals surface area contributed by atoms with E-state index in [1.807, 2.05) is 66.7 Å². The summed E-state index contributed by atoms with van der Waals surface area (Å²) in [5.74, 6) is -0.704. The number of ether oxygens (including phenoxy) is 1. The van der Waals surface area contributed by atoms with E-state index in [0.717, 1.165) is 40.3 Å². The molecule has 1 heterocycles. The summed E-state index contributed by atoms with van der Waals surface area (Å²) in [6, 6.07) is 22.8. The second kappa shape index (κ2) is 6.78. The molecule has 1 aliphatic carbocycles. The molecule has 5 heteroatoms. The number of fused-ring (bicyclic) bond motifs is 3. The molecule has 0 spiro atoms. The Bertz CT molecular complexity index is 1220. The first kappa shape index (κ1) is 17.5. The van der Waals surface area contributed by atoms with Crippen LogP contribution >= 0.6 is 0 Å². The molecule has 0 radical (unpaired) electrons. The molecule has 1 aliphatic rings. The molecule has 1 N–H and O–H groups in total. The van der Waals surface area contributed by atoms with Crippen LogP contribution in [-0.4, -0.2) is 18.5 Å². The number of carbonyl (C=O) groups is 2. The lowest BCUT2D eigenvalue weighted by molar-refractivity contribution is -0.150. The van der Waals surface area contributed by atoms with Crippen LogP contribution in [0.15, 0.2) is 77.2 Å². The highest BCUT2D eigenvalue weighted by molar-refractivity contribution is 6.07. The van der Waals surface area contributed by atoms with Crippen molar-refractivity contribution in [2.24, 2.45) is 0 Å². The Morgan fingerprint density at radius 1 is 0.897 bits per heavy atom. The average molecular weight is 385 g/mol. The summed E-state index contributed by atoms with van der Waals surface area (Å²) in [6.45, 7) is -0.308. The lowest BCUT2D eigenvalue weighted by Crippen LogP contribution is -2.28. The highest BCUT2D eigenvalue weighted by Gasteiger charge is 2.52. The van der Waals surface area contributed by atoms with Gasteiger partial charge in [0, 0.05) is 16.5 Å². The highest BCUT2D eigenvalue weighted by Crippen LogP contribution is 2.49. The lowest BCUT2D eigenvalue weighted by Gasteiger charge is -2.14. The van der Waals surface area contributed by atoms with Gasteiger partial charge in [-0.25, -0.2) is 0 Å². The number of furan rings is 1. The molecule has 1 saturated carbocycles. The Balaban J connectivity index is 1.26. The normalized spacial score (nSPS) is 14.6. The van der Waals surface area contributed by atoms with Crippen LogP contribution in [0.4, 0.5) is 5.69 Å². The second-order valence-corrected chi connectivity index (χ2v) is 7.38. The number of amides is 1. The van der Waals surface area contributed by atoms with Crippen LogP contribution in [0.3, 0.4) is 0 Å². The summed E-state index contributed by atoms with van der Waals surface area (Å²) in [4.78, 5) is 24.9. The fraction of sp³-hybridized carbons (Fsp3) is 0.167. The molecule has 4 aromatic rings. The summed E-state index contributed by atoms with van der Waals surface area (Å²) < 4.78 is 11.1. The van der Waals surface area contributed by atoms with Gasteiger partial charge in [0.25, 0.3) is 5.91 Å². The van der Waals surface area contributed by atoms with Gasteiger partial charge < -0.3 is 14.5 Å². The Labute approximate surface area is 167 Å². The molecule has 29 heavy (non-hydrogen) atoms. The minimum atomic E-state index is -0.587. The van der Waals surface area contributed by atoms with Crippen LogP contribution < -0.4 is 5.32 Å². The molecule has 1 fully saturated rings. The quantitative estimate of drug-likeness (QED) is 0.501. The molecule has 0 atom stereocenters. The van der Waals surface area contributed by atoms with Gasteiger partial charge in [0.15, 0.2) is 6.61 Å². The third-order valence-electron chi connectivity index (χ3n) is 5.46. The second-order valence-electron chi connectivity index (χ2n) is 7.38. The highest BCUT2D eigenvalue weighted by atomic mass is 16.5. The molecule has 0 aliphatic heterocycles. The molecule has 144 valence electrons. The van der Waals surface area contributed by atoms with Gasteiger partial charge in [-0.15, -0.1) is 0 Å². The number of carbonyl (C=O) groups excluding carboxylic acids is 2. The van der Waals surface area contributed by atoms with Gasteiger partial charge in [-0.3, -0.25) is 9.59 Å². The minimum absolute atomic E-state index is 0.308. The van der Waals surface area contributed by atoms with E-state index in [1.54, 1.807) is 6.07 Å². The molecular formula is C24H19NO4. The van der Waals surface area contributed by atoms with Crippen molar-refractivity contribution in [3.8, 4) is 0 Å². The molecule has 1 amide bonds. The lowest BCUT2D eigenvalue weighted by atomic mass is 9.96. The first-order valence-corrected chi connectivity index (χ1v) is 9.60. The van der Waals surface area contributed by atoms with Crippen molar-refractivity contribution in [2.45, 2.75) is 18.3 Å². The number of hydrogen-bond donors (Lipinski definition) is 1. The van der Waals surface area contributed by atoms with E-state index in [2.05, 4.69) is 5.32 Å². The molecular weight excluding hydrogens is 366 g/mol. The Morgan fingerprint density at radius 2 is 1.62 bits per heavy atom. The fourth-order valence-corrected chi connectivity index (χ4v) is 3.76. The number of esters is 1. The largest absolute Gasteiger partial charge is 0.456 e. The number of para-hydroxylation sites is 1. The molecule has 0 bridgehead atoms. The standard InChI is InChI=1S/C24H19NO4/c26-22(15-28-23(27)24(12-13-24)16-6-2-1-3-7-16)25-17-10-11-21-19(14-17)18-8-4-5-9-20(18)29-21/h1-11,14H,12-13,15H2,(H,25,26). The number of hydrogen-bond acceptors (Lipinski definition) is 4. The number of nitrogens with one attached hydrogen (secondary N) is 1. The van der Waals surface area contributed by atoms with Gasteiger partial charge in [0.1, 0.15) is 11.2 Å². The van der Waals surface area contributed by atoms with Crippen LogP contribution in [0.5, 0.6) is 0 Å². The number of anilines is 1. The smallest absolute Gasteiger partial charge is 0.317 e. The summed E-state index contributed by atoms with van der Waals surface area (Å²) in [5.41, 5.74) is 2.55. The van der Waals surface area contributed by atoms with E-state index in [0.29, 0.717) is 5.69 Å². The van der Waals surface area contributed by atoms with Gasteiger partial charge in [0.2, 0.25) is 0 Å². The predicted octanol–water partition coefficient (Wildman–Crippen LogP) is 4.80. The zero-order chi connectivity index (χ0) is 19.8. The third-order valence-corrected chi connectivity index (χ3v) is 5.46. The van der Waals surface area contributed by atoms with E-state index in [1.165, 1.54) is 0 Å². The van der Waals surface area contributed by atoms with Gasteiger partial charge in [-0.2, -0.15) is 0 Å². The van der Waals surface area contributed by atoms with E-state index < -0.39 is 5.41 Å². The third kappa shape index (κ3) is 3.14. The van der Waals surface area contributed by atoms with Gasteiger partial charge in [-0.1, -0.05) is 48.5 Å². The number of benzene rings is 3. The first-order chi connectivity index (χ1) is 14.2. The number of rotatable bonds is 5. The van der Waals surface area contributed by atoms with Crippen molar-refractivity contribution in [1.29, 1.82) is 0 Å². The van der Waals surface area contributed by atoms with Crippen LogP contribution in [0.25, 0.3) is 21.9 Å². The Morgan fingerprint density at radius 3 is 2.41 bits per heavy atom. The maximum Gasteiger partial charge on any atom is 0.317 e. The van der Waals surface area contributed by atoms with Crippen LogP contribution in [0.1, 0.15) is 18.4 Å². The average Bonchev–Trinajstić information content (AvgIpc) is 3.49. The maximum absolute atomic E-state index is 12.6. The van der Waals surface area contributed by atoms with Gasteiger partial charge in [0.05, 0.1) is 5.41 Å². The summed E-state index contributed by atoms with van der Waals surface area (Å²) in [7, 11) is 0. The Kier molecular flexibility index (Phi) is 4.09. The van der Waals surface area contributed by atoms with Crippen molar-refractivity contribution >= 4 is 39.5 Å². The minimum Gasteiger partial charge on any atom is -0.456 e. The fourth-order valence-electron chi connectivity index (χ4n) is 3.76. The molecule has 5 rings (SSSR count). The first-order valence-electron chi connectivity index (χ1n) is 9.60. The topological polar surface area (TPSA) is 68.5 Å². The van der Waals surface area contributed by atoms with Crippen LogP contribution in [-0.2, 0) is 19.7 Å². The van der Waals surface area contributed by atoms with Gasteiger partial charge >= 0.3 is 5.97 Å². The molecule has 0 unspecified atom stereocenters. The van der Waals surface area contributed by atoms with Crippen LogP contribution in [0.2, 0.25) is 0 Å². The van der Waals surface area contributed by atoms with E-state index in [4.69, 9.17) is 9.15 Å². The summed E-state index contributed by atoms with van der Waals surface area (Å²) >= 11 is 0. The van der Waals surface area contributed by atoms with Crippen molar-refractivity contribution in [2.75, 3.05) is 11.9 Å². The summed E-state index contributed by atoms with van der Waals surface area (Å²) in [5, 5.41) is 4.71. The molecule has 0 saturated heterocycles. The molecule has 5 nitrogen and oxygen atoms in total. The van der Waals surface area contributed by atoms with E-state index in [-0.39, 0.29) is 18.5 Å². The van der Waals surface area contributed by atoms with Crippen molar-refractivity contribution in [3.63, 3.8) is 0 Å². The molecule has 3 aromatic carbocycles. The van der Waals surface area contributed by atoms with Crippen molar-refractivity contribution in [1.82, 2.24) is 0 Å². The SMILES string of the molecule is O=C(COC(=O)C1(c2ccccc2)CC1)Nc1ccc2oc3ccccc3c2c1. The maximum atomic E-state index is 12.6. The van der Waals surface area contributed by atoms with Gasteiger partial charge in [-0.05, 0) is 42.7 Å². The zero-order valence-corrected chi connectivity index (χ0v) is 15.7. The van der Waals surface area contributed by atoms with E-state index in [9.17, 15) is 9.59 Å². The van der Waals surface area contributed by atoms with E-state index >= 15 is 0 Å². The summed E-state index contributed by atoms with van der Waals surface area (Å²) in [6.07, 6.45) is 1.50. The zero-order valence-electron chi connectivity index (χ0n) is 15.7. The van der Waals surface area contributed by atoms with Crippen molar-refractivity contribution < 1.29 is 18.7 Å². The van der Waals surface area contributed by atoms with Crippen LogP contribution in [0, 0.1) is 0 Å². The Hall–Kier alpha value is -3.60. The monoisotopic (exact) mass is 385 g/mol.